The Morgan fingerprint density at radius 1 is 1.36 bits per heavy atom. The molecule has 3 aromatic rings. The molecule has 2 aromatic heterocycles. The van der Waals surface area contributed by atoms with Crippen molar-refractivity contribution in [2.24, 2.45) is 0 Å². The second-order valence-electron chi connectivity index (χ2n) is 6.89. The molecule has 1 unspecified atom stereocenters. The second kappa shape index (κ2) is 7.51. The van der Waals surface area contributed by atoms with Gasteiger partial charge in [0.1, 0.15) is 17.4 Å². The van der Waals surface area contributed by atoms with Crippen LogP contribution in [-0.4, -0.2) is 38.9 Å². The molecule has 1 aliphatic rings. The van der Waals surface area contributed by atoms with E-state index < -0.39 is 11.6 Å². The third-order valence-electron chi connectivity index (χ3n) is 5.04. The number of benzene rings is 1. The molecule has 0 radical (unpaired) electrons. The van der Waals surface area contributed by atoms with E-state index in [-0.39, 0.29) is 23.4 Å². The fourth-order valence-electron chi connectivity index (χ4n) is 3.47. The van der Waals surface area contributed by atoms with Gasteiger partial charge in [-0.05, 0) is 51.1 Å². The van der Waals surface area contributed by atoms with Crippen LogP contribution in [0.3, 0.4) is 0 Å². The molecule has 0 saturated carbocycles. The predicted molar refractivity (Wildman–Crippen MR) is 98.6 cm³/mol. The first-order chi connectivity index (χ1) is 13.6. The molecule has 2 N–H and O–H groups in total. The normalized spacial score (nSPS) is 17.2. The van der Waals surface area contributed by atoms with Gasteiger partial charge in [0, 0.05) is 18.0 Å². The number of amides is 1. The maximum atomic E-state index is 13.4. The van der Waals surface area contributed by atoms with Gasteiger partial charge in [0.2, 0.25) is 17.6 Å². The van der Waals surface area contributed by atoms with E-state index in [9.17, 15) is 9.18 Å². The number of piperidine rings is 1. The molecular formula is C19H21FN6O2. The Kier molecular flexibility index (Phi) is 4.91. The minimum atomic E-state index is -0.756. The van der Waals surface area contributed by atoms with Crippen LogP contribution in [0.4, 0.5) is 4.39 Å². The summed E-state index contributed by atoms with van der Waals surface area (Å²) in [5, 5.41) is 14.5. The third kappa shape index (κ3) is 3.40. The number of nitrogens with zero attached hydrogens (tertiary/aromatic N) is 4. The Morgan fingerprint density at radius 2 is 2.18 bits per heavy atom. The highest BCUT2D eigenvalue weighted by Crippen LogP contribution is 2.28. The Morgan fingerprint density at radius 3 is 2.89 bits per heavy atom. The molecule has 0 bridgehead atoms. The van der Waals surface area contributed by atoms with Crippen molar-refractivity contribution < 1.29 is 13.7 Å². The van der Waals surface area contributed by atoms with Gasteiger partial charge in [-0.3, -0.25) is 9.48 Å². The van der Waals surface area contributed by atoms with Crippen molar-refractivity contribution in [1.82, 2.24) is 30.6 Å². The van der Waals surface area contributed by atoms with E-state index in [0.717, 1.165) is 13.1 Å². The summed E-state index contributed by atoms with van der Waals surface area (Å²) in [7, 11) is 0. The predicted octanol–water partition coefficient (Wildman–Crippen LogP) is 2.03. The molecule has 8 nitrogen and oxygen atoms in total. The highest BCUT2D eigenvalue weighted by Gasteiger charge is 2.42. The van der Waals surface area contributed by atoms with Crippen LogP contribution in [0.25, 0.3) is 11.4 Å². The topological polar surface area (TPSA) is 97.9 Å². The molecular weight excluding hydrogens is 363 g/mol. The summed E-state index contributed by atoms with van der Waals surface area (Å²) >= 11 is 0. The molecule has 0 spiro atoms. The molecule has 1 aromatic carbocycles. The molecule has 3 heterocycles. The fraction of sp³-hybridized carbons (Fsp3) is 0.368. The monoisotopic (exact) mass is 384 g/mol. The average Bonchev–Trinajstić information content (AvgIpc) is 3.41. The van der Waals surface area contributed by atoms with Crippen LogP contribution in [0.15, 0.2) is 47.2 Å². The zero-order valence-corrected chi connectivity index (χ0v) is 15.4. The summed E-state index contributed by atoms with van der Waals surface area (Å²) in [6.45, 7) is 3.23. The van der Waals surface area contributed by atoms with E-state index in [4.69, 9.17) is 4.52 Å². The van der Waals surface area contributed by atoms with Gasteiger partial charge in [0.25, 0.3) is 0 Å². The quantitative estimate of drug-likeness (QED) is 0.699. The lowest BCUT2D eigenvalue weighted by atomic mass is 9.87. The molecule has 1 atom stereocenters. The van der Waals surface area contributed by atoms with Crippen LogP contribution in [0.1, 0.15) is 31.7 Å². The summed E-state index contributed by atoms with van der Waals surface area (Å²) in [5.41, 5.74) is -0.242. The molecule has 1 aliphatic heterocycles. The van der Waals surface area contributed by atoms with Crippen LogP contribution < -0.4 is 10.6 Å². The van der Waals surface area contributed by atoms with E-state index in [1.165, 1.54) is 12.1 Å². The van der Waals surface area contributed by atoms with E-state index in [2.05, 4.69) is 25.9 Å². The van der Waals surface area contributed by atoms with E-state index >= 15 is 0 Å². The number of halogens is 1. The largest absolute Gasteiger partial charge is 0.342 e. The fourth-order valence-corrected chi connectivity index (χ4v) is 3.47. The molecule has 1 saturated heterocycles. The zero-order valence-electron chi connectivity index (χ0n) is 15.4. The van der Waals surface area contributed by atoms with Gasteiger partial charge >= 0.3 is 0 Å². The molecule has 1 amide bonds. The minimum absolute atomic E-state index is 0.143. The van der Waals surface area contributed by atoms with Crippen molar-refractivity contribution in [3.8, 4) is 11.4 Å². The third-order valence-corrected chi connectivity index (χ3v) is 5.04. The standard InChI is InChI=1S/C19H21FN6O2/c1-13(17-24-16(25-28-17)14-4-2-5-15(20)12-14)23-18(27)19(6-9-21-10-7-19)26-11-3-8-22-26/h2-5,8,11-13,21H,6-7,9-10H2,1H3,(H,23,27). The Balaban J connectivity index is 1.53. The zero-order chi connectivity index (χ0) is 19.6. The second-order valence-corrected chi connectivity index (χ2v) is 6.89. The number of aromatic nitrogens is 4. The minimum Gasteiger partial charge on any atom is -0.342 e. The number of carbonyl (C=O) groups excluding carboxylic acids is 1. The molecule has 9 heteroatoms. The number of carbonyl (C=O) groups is 1. The lowest BCUT2D eigenvalue weighted by Crippen LogP contribution is -2.55. The molecule has 28 heavy (non-hydrogen) atoms. The summed E-state index contributed by atoms with van der Waals surface area (Å²) in [6, 6.07) is 7.27. The van der Waals surface area contributed by atoms with Crippen molar-refractivity contribution in [1.29, 1.82) is 0 Å². The van der Waals surface area contributed by atoms with Gasteiger partial charge < -0.3 is 15.2 Å². The van der Waals surface area contributed by atoms with E-state index in [1.807, 2.05) is 12.3 Å². The summed E-state index contributed by atoms with van der Waals surface area (Å²) in [6.07, 6.45) is 4.74. The van der Waals surface area contributed by atoms with E-state index in [1.54, 1.807) is 29.9 Å². The molecule has 1 fully saturated rings. The first kappa shape index (κ1) is 18.3. The Labute approximate surface area is 161 Å². The van der Waals surface area contributed by atoms with Crippen molar-refractivity contribution >= 4 is 5.91 Å². The van der Waals surface area contributed by atoms with Gasteiger partial charge in [-0.2, -0.15) is 10.1 Å². The lowest BCUT2D eigenvalue weighted by molar-refractivity contribution is -0.132. The van der Waals surface area contributed by atoms with Crippen LogP contribution in [0.5, 0.6) is 0 Å². The summed E-state index contributed by atoms with van der Waals surface area (Å²) in [5.74, 6) is 0.0180. The average molecular weight is 384 g/mol. The number of rotatable bonds is 5. The van der Waals surface area contributed by atoms with Crippen molar-refractivity contribution in [3.05, 3.63) is 54.4 Å². The highest BCUT2D eigenvalue weighted by molar-refractivity contribution is 5.84. The summed E-state index contributed by atoms with van der Waals surface area (Å²) in [4.78, 5) is 17.5. The maximum Gasteiger partial charge on any atom is 0.249 e. The van der Waals surface area contributed by atoms with Crippen LogP contribution in [0, 0.1) is 5.82 Å². The van der Waals surface area contributed by atoms with Crippen LogP contribution in [-0.2, 0) is 10.3 Å². The van der Waals surface area contributed by atoms with Gasteiger partial charge in [-0.1, -0.05) is 17.3 Å². The van der Waals surface area contributed by atoms with Gasteiger partial charge in [-0.15, -0.1) is 0 Å². The van der Waals surface area contributed by atoms with Crippen LogP contribution >= 0.6 is 0 Å². The molecule has 0 aliphatic carbocycles. The number of hydrogen-bond acceptors (Lipinski definition) is 6. The molecule has 4 rings (SSSR count). The lowest BCUT2D eigenvalue weighted by Gasteiger charge is -2.36. The van der Waals surface area contributed by atoms with Gasteiger partial charge in [-0.25, -0.2) is 4.39 Å². The van der Waals surface area contributed by atoms with Crippen molar-refractivity contribution in [3.63, 3.8) is 0 Å². The summed E-state index contributed by atoms with van der Waals surface area (Å²) < 4.78 is 20.4. The first-order valence-corrected chi connectivity index (χ1v) is 9.20. The van der Waals surface area contributed by atoms with Gasteiger partial charge in [0.15, 0.2) is 0 Å². The van der Waals surface area contributed by atoms with Gasteiger partial charge in [0.05, 0.1) is 0 Å². The molecule has 146 valence electrons. The van der Waals surface area contributed by atoms with Crippen molar-refractivity contribution in [2.75, 3.05) is 13.1 Å². The maximum absolute atomic E-state index is 13.4. The smallest absolute Gasteiger partial charge is 0.249 e. The van der Waals surface area contributed by atoms with Crippen molar-refractivity contribution in [2.45, 2.75) is 31.3 Å². The van der Waals surface area contributed by atoms with E-state index in [0.29, 0.717) is 18.4 Å². The Hall–Kier alpha value is -3.07. The number of hydrogen-bond donors (Lipinski definition) is 2. The number of nitrogens with one attached hydrogen (secondary N) is 2. The van der Waals surface area contributed by atoms with Crippen LogP contribution in [0.2, 0.25) is 0 Å². The SMILES string of the molecule is CC(NC(=O)C1(n2cccn2)CCNCC1)c1nc(-c2cccc(F)c2)no1. The Bertz CT molecular complexity index is 949. The first-order valence-electron chi connectivity index (χ1n) is 9.20. The highest BCUT2D eigenvalue weighted by atomic mass is 19.1.